The topological polar surface area (TPSA) is 50.5 Å². The van der Waals surface area contributed by atoms with Crippen LogP contribution in [-0.2, 0) is 0 Å². The number of nitrogen functional groups attached to an aromatic ring is 1. The van der Waals surface area contributed by atoms with E-state index in [-0.39, 0.29) is 6.10 Å². The van der Waals surface area contributed by atoms with Gasteiger partial charge in [-0.05, 0) is 44.2 Å². The zero-order valence-electron chi connectivity index (χ0n) is 13.1. The number of nitrogens with two attached hydrogens (primary N) is 1. The first-order chi connectivity index (χ1) is 9.97. The largest absolute Gasteiger partial charge is 0.489 e. The van der Waals surface area contributed by atoms with Crippen molar-refractivity contribution < 1.29 is 4.74 Å². The van der Waals surface area contributed by atoms with Gasteiger partial charge < -0.3 is 20.7 Å². The van der Waals surface area contributed by atoms with Gasteiger partial charge in [0, 0.05) is 25.5 Å². The highest BCUT2D eigenvalue weighted by atomic mass is 16.5. The van der Waals surface area contributed by atoms with Crippen molar-refractivity contribution >= 4 is 22.7 Å². The van der Waals surface area contributed by atoms with E-state index in [1.807, 2.05) is 58.3 Å². The maximum atomic E-state index is 6.18. The Hall–Kier alpha value is -2.36. The molecule has 112 valence electrons. The maximum absolute atomic E-state index is 6.18. The number of hydrogen-bond acceptors (Lipinski definition) is 4. The second kappa shape index (κ2) is 6.39. The summed E-state index contributed by atoms with van der Waals surface area (Å²) in [6.07, 6.45) is 0.0969. The van der Waals surface area contributed by atoms with Crippen molar-refractivity contribution in [1.29, 1.82) is 0 Å². The van der Waals surface area contributed by atoms with E-state index in [9.17, 15) is 0 Å². The van der Waals surface area contributed by atoms with Gasteiger partial charge >= 0.3 is 0 Å². The SMILES string of the molecule is CC(C)Oc1cccc(Nc2cccc(N(C)C)c2)c1N. The summed E-state index contributed by atoms with van der Waals surface area (Å²) in [4.78, 5) is 2.06. The summed E-state index contributed by atoms with van der Waals surface area (Å²) >= 11 is 0. The van der Waals surface area contributed by atoms with Gasteiger partial charge in [-0.1, -0.05) is 12.1 Å². The van der Waals surface area contributed by atoms with Crippen LogP contribution in [0.4, 0.5) is 22.7 Å². The first-order valence-electron chi connectivity index (χ1n) is 7.07. The predicted molar refractivity (Wildman–Crippen MR) is 90.7 cm³/mol. The van der Waals surface area contributed by atoms with Crippen molar-refractivity contribution in [3.05, 3.63) is 42.5 Å². The molecule has 0 aliphatic carbocycles. The number of ether oxygens (including phenoxy) is 1. The minimum absolute atomic E-state index is 0.0969. The lowest BCUT2D eigenvalue weighted by Crippen LogP contribution is -2.09. The lowest BCUT2D eigenvalue weighted by atomic mass is 10.2. The fourth-order valence-electron chi connectivity index (χ4n) is 2.03. The molecule has 0 bridgehead atoms. The van der Waals surface area contributed by atoms with E-state index in [1.54, 1.807) is 0 Å². The summed E-state index contributed by atoms with van der Waals surface area (Å²) < 4.78 is 5.71. The van der Waals surface area contributed by atoms with E-state index >= 15 is 0 Å². The van der Waals surface area contributed by atoms with E-state index in [1.165, 1.54) is 0 Å². The van der Waals surface area contributed by atoms with Crippen LogP contribution < -0.4 is 20.7 Å². The van der Waals surface area contributed by atoms with Crippen molar-refractivity contribution in [3.8, 4) is 5.75 Å². The normalized spacial score (nSPS) is 10.5. The minimum Gasteiger partial charge on any atom is -0.489 e. The Bertz CT molecular complexity index is 609. The van der Waals surface area contributed by atoms with E-state index in [4.69, 9.17) is 10.5 Å². The van der Waals surface area contributed by atoms with Gasteiger partial charge in [0.2, 0.25) is 0 Å². The molecule has 3 N–H and O–H groups in total. The molecule has 0 saturated carbocycles. The molecule has 0 atom stereocenters. The molecule has 0 radical (unpaired) electrons. The van der Waals surface area contributed by atoms with Crippen molar-refractivity contribution in [2.75, 3.05) is 30.0 Å². The van der Waals surface area contributed by atoms with Gasteiger partial charge in [-0.15, -0.1) is 0 Å². The molecule has 2 aromatic carbocycles. The Morgan fingerprint density at radius 3 is 2.48 bits per heavy atom. The van der Waals surface area contributed by atoms with Crippen LogP contribution in [0.3, 0.4) is 0 Å². The first-order valence-corrected chi connectivity index (χ1v) is 7.07. The highest BCUT2D eigenvalue weighted by molar-refractivity contribution is 5.78. The molecule has 2 aromatic rings. The van der Waals surface area contributed by atoms with Crippen LogP contribution in [0.5, 0.6) is 5.75 Å². The average molecular weight is 285 g/mol. The van der Waals surface area contributed by atoms with Crippen molar-refractivity contribution in [2.24, 2.45) is 0 Å². The summed E-state index contributed by atoms with van der Waals surface area (Å²) in [5.41, 5.74) is 9.78. The molecule has 0 unspecified atom stereocenters. The molecule has 21 heavy (non-hydrogen) atoms. The van der Waals surface area contributed by atoms with E-state index < -0.39 is 0 Å². The Kier molecular flexibility index (Phi) is 4.58. The molecule has 2 rings (SSSR count). The lowest BCUT2D eigenvalue weighted by molar-refractivity contribution is 0.244. The van der Waals surface area contributed by atoms with Crippen LogP contribution in [0.1, 0.15) is 13.8 Å². The van der Waals surface area contributed by atoms with Crippen LogP contribution in [0.15, 0.2) is 42.5 Å². The number of anilines is 4. The van der Waals surface area contributed by atoms with Crippen LogP contribution in [-0.4, -0.2) is 20.2 Å². The zero-order valence-corrected chi connectivity index (χ0v) is 13.1. The van der Waals surface area contributed by atoms with Gasteiger partial charge in [0.05, 0.1) is 17.5 Å². The van der Waals surface area contributed by atoms with Gasteiger partial charge in [0.1, 0.15) is 5.75 Å². The summed E-state index contributed by atoms with van der Waals surface area (Å²) in [7, 11) is 4.04. The van der Waals surface area contributed by atoms with Crippen molar-refractivity contribution in [2.45, 2.75) is 20.0 Å². The summed E-state index contributed by atoms with van der Waals surface area (Å²) in [5, 5.41) is 3.35. The average Bonchev–Trinajstić information content (AvgIpc) is 2.43. The Labute approximate surface area is 126 Å². The monoisotopic (exact) mass is 285 g/mol. The molecule has 0 aliphatic rings. The minimum atomic E-state index is 0.0969. The third-order valence-corrected chi connectivity index (χ3v) is 3.07. The number of hydrogen-bond donors (Lipinski definition) is 2. The number of rotatable bonds is 5. The Morgan fingerprint density at radius 2 is 1.81 bits per heavy atom. The molecule has 0 aliphatic heterocycles. The molecule has 0 heterocycles. The standard InChI is InChI=1S/C17H23N3O/c1-12(2)21-16-10-6-9-15(17(16)18)19-13-7-5-8-14(11-13)20(3)4/h5-12,19H,18H2,1-4H3. The smallest absolute Gasteiger partial charge is 0.144 e. The fourth-order valence-corrected chi connectivity index (χ4v) is 2.03. The van der Waals surface area contributed by atoms with E-state index in [0.717, 1.165) is 17.1 Å². The summed E-state index contributed by atoms with van der Waals surface area (Å²) in [5.74, 6) is 0.707. The second-order valence-corrected chi connectivity index (χ2v) is 5.45. The fraction of sp³-hybridized carbons (Fsp3) is 0.294. The highest BCUT2D eigenvalue weighted by Gasteiger charge is 2.08. The molecular weight excluding hydrogens is 262 g/mol. The molecule has 0 amide bonds. The lowest BCUT2D eigenvalue weighted by Gasteiger charge is -2.17. The Balaban J connectivity index is 2.25. The van der Waals surface area contributed by atoms with Gasteiger partial charge in [0.25, 0.3) is 0 Å². The molecule has 0 spiro atoms. The van der Waals surface area contributed by atoms with Gasteiger partial charge in [-0.3, -0.25) is 0 Å². The second-order valence-electron chi connectivity index (χ2n) is 5.45. The van der Waals surface area contributed by atoms with Crippen LogP contribution >= 0.6 is 0 Å². The molecule has 0 saturated heterocycles. The first kappa shape index (κ1) is 15.0. The van der Waals surface area contributed by atoms with E-state index in [2.05, 4.69) is 22.3 Å². The molecule has 4 nitrogen and oxygen atoms in total. The summed E-state index contributed by atoms with van der Waals surface area (Å²) in [6, 6.07) is 13.9. The molecule has 4 heteroatoms. The Morgan fingerprint density at radius 1 is 1.10 bits per heavy atom. The number of para-hydroxylation sites is 1. The van der Waals surface area contributed by atoms with Crippen molar-refractivity contribution in [3.63, 3.8) is 0 Å². The molecular formula is C17H23N3O. The number of benzene rings is 2. The third-order valence-electron chi connectivity index (χ3n) is 3.07. The third kappa shape index (κ3) is 3.81. The van der Waals surface area contributed by atoms with Gasteiger partial charge in [0.15, 0.2) is 0 Å². The molecule has 0 aromatic heterocycles. The van der Waals surface area contributed by atoms with Crippen LogP contribution in [0.25, 0.3) is 0 Å². The maximum Gasteiger partial charge on any atom is 0.144 e. The van der Waals surface area contributed by atoms with Gasteiger partial charge in [-0.25, -0.2) is 0 Å². The zero-order chi connectivity index (χ0) is 15.4. The van der Waals surface area contributed by atoms with Gasteiger partial charge in [-0.2, -0.15) is 0 Å². The number of nitrogens with zero attached hydrogens (tertiary/aromatic N) is 1. The molecule has 0 fully saturated rings. The van der Waals surface area contributed by atoms with Crippen molar-refractivity contribution in [1.82, 2.24) is 0 Å². The highest BCUT2D eigenvalue weighted by Crippen LogP contribution is 2.32. The van der Waals surface area contributed by atoms with Crippen LogP contribution in [0.2, 0.25) is 0 Å². The summed E-state index contributed by atoms with van der Waals surface area (Å²) in [6.45, 7) is 3.97. The predicted octanol–water partition coefficient (Wildman–Crippen LogP) is 3.87. The van der Waals surface area contributed by atoms with E-state index in [0.29, 0.717) is 11.4 Å². The van der Waals surface area contributed by atoms with Crippen LogP contribution in [0, 0.1) is 0 Å². The quantitative estimate of drug-likeness (QED) is 0.819. The number of nitrogens with one attached hydrogen (secondary N) is 1.